The number of para-hydroxylation sites is 1. The Bertz CT molecular complexity index is 1280. The number of nitrogens with one attached hydrogen (secondary N) is 1. The molecule has 0 aromatic heterocycles. The number of benzene rings is 3. The number of amides is 1. The molecular weight excluding hydrogens is 446 g/mol. The van der Waals surface area contributed by atoms with Crippen molar-refractivity contribution in [1.29, 1.82) is 0 Å². The number of sulfonamides is 1. The van der Waals surface area contributed by atoms with Crippen LogP contribution in [-0.2, 0) is 23.0 Å². The number of hydrogen-bond donors (Lipinski definition) is 1. The molecule has 2 aliphatic heterocycles. The van der Waals surface area contributed by atoms with Crippen molar-refractivity contribution in [3.8, 4) is 0 Å². The molecule has 2 aliphatic rings. The molecule has 7 heteroatoms. The molecule has 2 heterocycles. The zero-order valence-corrected chi connectivity index (χ0v) is 19.9. The van der Waals surface area contributed by atoms with Gasteiger partial charge in [-0.2, -0.15) is 4.31 Å². The fourth-order valence-electron chi connectivity index (χ4n) is 4.77. The lowest BCUT2D eigenvalue weighted by atomic mass is 9.99. The highest BCUT2D eigenvalue weighted by molar-refractivity contribution is 7.89. The van der Waals surface area contributed by atoms with Crippen LogP contribution >= 0.6 is 0 Å². The quantitative estimate of drug-likeness (QED) is 0.582. The monoisotopic (exact) mass is 475 g/mol. The summed E-state index contributed by atoms with van der Waals surface area (Å²) in [7, 11) is -3.65. The fourth-order valence-corrected chi connectivity index (χ4v) is 6.44. The molecule has 1 saturated heterocycles. The van der Waals surface area contributed by atoms with Crippen LogP contribution in [0.25, 0.3) is 0 Å². The van der Waals surface area contributed by atoms with E-state index in [1.165, 1.54) is 15.4 Å². The predicted octanol–water partition coefficient (Wildman–Crippen LogP) is 4.68. The summed E-state index contributed by atoms with van der Waals surface area (Å²) < 4.78 is 27.9. The van der Waals surface area contributed by atoms with Gasteiger partial charge in [0.05, 0.1) is 5.69 Å². The van der Waals surface area contributed by atoms with Gasteiger partial charge in [0.1, 0.15) is 4.90 Å². The highest BCUT2D eigenvalue weighted by atomic mass is 32.2. The standard InChI is InChI=1S/C27H29N3O3S/c31-27(28-25-10-4-5-11-26(25)34(32,33)30-17-6-1-7-18-30)22-12-14-24(15-13-22)29-19-16-21-8-2-3-9-23(21)20-29/h2-5,8-15H,1,6-7,16-20H2,(H,28,31). The van der Waals surface area contributed by atoms with Gasteiger partial charge in [-0.25, -0.2) is 8.42 Å². The third-order valence-corrected chi connectivity index (χ3v) is 8.65. The second kappa shape index (κ2) is 9.60. The van der Waals surface area contributed by atoms with Crippen LogP contribution in [0.4, 0.5) is 11.4 Å². The molecule has 0 aliphatic carbocycles. The first kappa shape index (κ1) is 22.6. The molecule has 6 nitrogen and oxygen atoms in total. The number of fused-ring (bicyclic) bond motifs is 1. The van der Waals surface area contributed by atoms with Crippen LogP contribution in [0.1, 0.15) is 40.7 Å². The van der Waals surface area contributed by atoms with Crippen molar-refractivity contribution in [2.75, 3.05) is 29.9 Å². The van der Waals surface area contributed by atoms with Crippen LogP contribution in [0.15, 0.2) is 77.7 Å². The molecule has 0 radical (unpaired) electrons. The zero-order chi connectivity index (χ0) is 23.5. The summed E-state index contributed by atoms with van der Waals surface area (Å²) in [6.07, 6.45) is 3.77. The summed E-state index contributed by atoms with van der Waals surface area (Å²) in [5, 5.41) is 2.83. The Morgan fingerprint density at radius 2 is 1.44 bits per heavy atom. The maximum absolute atomic E-state index is 13.2. The molecule has 0 saturated carbocycles. The van der Waals surface area contributed by atoms with E-state index in [4.69, 9.17) is 0 Å². The Hall–Kier alpha value is -3.16. The van der Waals surface area contributed by atoms with Gasteiger partial charge in [-0.3, -0.25) is 4.79 Å². The fraction of sp³-hybridized carbons (Fsp3) is 0.296. The number of hydrogen-bond acceptors (Lipinski definition) is 4. The molecule has 0 atom stereocenters. The number of carbonyl (C=O) groups excluding carboxylic acids is 1. The molecule has 1 N–H and O–H groups in total. The maximum atomic E-state index is 13.2. The van der Waals surface area contributed by atoms with Crippen molar-refractivity contribution in [1.82, 2.24) is 4.31 Å². The van der Waals surface area contributed by atoms with E-state index < -0.39 is 10.0 Å². The minimum absolute atomic E-state index is 0.147. The first-order chi connectivity index (χ1) is 16.5. The van der Waals surface area contributed by atoms with Gasteiger partial charge in [0.2, 0.25) is 10.0 Å². The van der Waals surface area contributed by atoms with Gasteiger partial charge < -0.3 is 10.2 Å². The molecule has 1 fully saturated rings. The maximum Gasteiger partial charge on any atom is 0.255 e. The zero-order valence-electron chi connectivity index (χ0n) is 19.1. The third kappa shape index (κ3) is 4.58. The largest absolute Gasteiger partial charge is 0.367 e. The Balaban J connectivity index is 1.31. The van der Waals surface area contributed by atoms with Gasteiger partial charge in [0.25, 0.3) is 5.91 Å². The minimum atomic E-state index is -3.65. The van der Waals surface area contributed by atoms with Crippen molar-refractivity contribution in [2.24, 2.45) is 0 Å². The van der Waals surface area contributed by atoms with Crippen molar-refractivity contribution in [2.45, 2.75) is 37.1 Å². The molecule has 0 bridgehead atoms. The summed E-state index contributed by atoms with van der Waals surface area (Å²) in [6, 6.07) is 22.7. The Morgan fingerprint density at radius 1 is 0.765 bits per heavy atom. The number of carbonyl (C=O) groups is 1. The van der Waals surface area contributed by atoms with Crippen LogP contribution in [0, 0.1) is 0 Å². The van der Waals surface area contributed by atoms with Crippen molar-refractivity contribution < 1.29 is 13.2 Å². The summed E-state index contributed by atoms with van der Waals surface area (Å²) in [6.45, 7) is 2.83. The smallest absolute Gasteiger partial charge is 0.255 e. The first-order valence-electron chi connectivity index (χ1n) is 11.8. The van der Waals surface area contributed by atoms with Crippen LogP contribution in [0.3, 0.4) is 0 Å². The van der Waals surface area contributed by atoms with Crippen LogP contribution in [-0.4, -0.2) is 38.3 Å². The average Bonchev–Trinajstić information content (AvgIpc) is 2.89. The van der Waals surface area contributed by atoms with E-state index in [2.05, 4.69) is 34.5 Å². The Kier molecular flexibility index (Phi) is 6.39. The SMILES string of the molecule is O=C(Nc1ccccc1S(=O)(=O)N1CCCCC1)c1ccc(N2CCc3ccccc3C2)cc1. The molecule has 3 aromatic rings. The first-order valence-corrected chi connectivity index (χ1v) is 13.3. The average molecular weight is 476 g/mol. The van der Waals surface area contributed by atoms with Crippen molar-refractivity contribution in [3.05, 3.63) is 89.5 Å². The number of rotatable bonds is 5. The second-order valence-electron chi connectivity index (χ2n) is 8.90. The Morgan fingerprint density at radius 3 is 2.21 bits per heavy atom. The van der Waals surface area contributed by atoms with E-state index in [0.29, 0.717) is 24.3 Å². The lowest BCUT2D eigenvalue weighted by Crippen LogP contribution is -2.36. The molecule has 3 aromatic carbocycles. The highest BCUT2D eigenvalue weighted by Crippen LogP contribution is 2.28. The van der Waals surface area contributed by atoms with Crippen molar-refractivity contribution >= 4 is 27.3 Å². The van der Waals surface area contributed by atoms with Crippen LogP contribution in [0.2, 0.25) is 0 Å². The number of anilines is 2. The third-order valence-electron chi connectivity index (χ3n) is 6.69. The van der Waals surface area contributed by atoms with E-state index in [1.807, 2.05) is 12.1 Å². The van der Waals surface area contributed by atoms with E-state index in [1.54, 1.807) is 36.4 Å². The highest BCUT2D eigenvalue weighted by Gasteiger charge is 2.28. The van der Waals surface area contributed by atoms with E-state index >= 15 is 0 Å². The molecule has 176 valence electrons. The second-order valence-corrected chi connectivity index (χ2v) is 10.8. The molecule has 1 amide bonds. The van der Waals surface area contributed by atoms with Gasteiger partial charge in [0.15, 0.2) is 0 Å². The van der Waals surface area contributed by atoms with Crippen LogP contribution < -0.4 is 10.2 Å². The molecule has 5 rings (SSSR count). The van der Waals surface area contributed by atoms with E-state index in [-0.39, 0.29) is 10.8 Å². The van der Waals surface area contributed by atoms with Gasteiger partial charge in [-0.15, -0.1) is 0 Å². The van der Waals surface area contributed by atoms with Gasteiger partial charge in [-0.05, 0) is 66.8 Å². The van der Waals surface area contributed by atoms with Gasteiger partial charge in [-0.1, -0.05) is 42.8 Å². The Labute approximate surface area is 201 Å². The van der Waals surface area contributed by atoms with Crippen LogP contribution in [0.5, 0.6) is 0 Å². The van der Waals surface area contributed by atoms with E-state index in [0.717, 1.165) is 44.5 Å². The molecule has 0 unspecified atom stereocenters. The molecule has 0 spiro atoms. The molecular formula is C27H29N3O3S. The van der Waals surface area contributed by atoms with Crippen molar-refractivity contribution in [3.63, 3.8) is 0 Å². The van der Waals surface area contributed by atoms with Gasteiger partial charge in [0, 0.05) is 37.4 Å². The van der Waals surface area contributed by atoms with E-state index in [9.17, 15) is 13.2 Å². The lowest BCUT2D eigenvalue weighted by molar-refractivity contribution is 0.102. The normalized spacial score (nSPS) is 16.6. The molecule has 34 heavy (non-hydrogen) atoms. The topological polar surface area (TPSA) is 69.7 Å². The number of piperidine rings is 1. The minimum Gasteiger partial charge on any atom is -0.367 e. The lowest BCUT2D eigenvalue weighted by Gasteiger charge is -2.30. The van der Waals surface area contributed by atoms with Gasteiger partial charge >= 0.3 is 0 Å². The summed E-state index contributed by atoms with van der Waals surface area (Å²) >= 11 is 0. The summed E-state index contributed by atoms with van der Waals surface area (Å²) in [5.41, 5.74) is 4.61. The summed E-state index contributed by atoms with van der Waals surface area (Å²) in [5.74, 6) is -0.322. The number of nitrogens with zero attached hydrogens (tertiary/aromatic N) is 2. The predicted molar refractivity (Wildman–Crippen MR) is 135 cm³/mol. The summed E-state index contributed by atoms with van der Waals surface area (Å²) in [4.78, 5) is 15.4.